The molecule has 2 rings (SSSR count). The molecule has 0 spiro atoms. The van der Waals surface area contributed by atoms with Crippen molar-refractivity contribution < 1.29 is 19.4 Å². The SMILES string of the molecule is COC1CCC(NC(=O)Nc2ccc(C(=O)O)c(C)c2)C1. The number of hydrogen-bond acceptors (Lipinski definition) is 3. The van der Waals surface area contributed by atoms with Crippen molar-refractivity contribution in [1.29, 1.82) is 0 Å². The van der Waals surface area contributed by atoms with Crippen LogP contribution in [0.2, 0.25) is 0 Å². The summed E-state index contributed by atoms with van der Waals surface area (Å²) in [6.45, 7) is 1.70. The Morgan fingerprint density at radius 1 is 1.33 bits per heavy atom. The molecule has 0 bridgehead atoms. The molecule has 0 saturated heterocycles. The van der Waals surface area contributed by atoms with E-state index in [1.807, 2.05) is 0 Å². The van der Waals surface area contributed by atoms with Crippen LogP contribution < -0.4 is 10.6 Å². The smallest absolute Gasteiger partial charge is 0.335 e. The average molecular weight is 292 g/mol. The zero-order chi connectivity index (χ0) is 15.4. The summed E-state index contributed by atoms with van der Waals surface area (Å²) in [6.07, 6.45) is 2.89. The van der Waals surface area contributed by atoms with Gasteiger partial charge in [-0.15, -0.1) is 0 Å². The number of anilines is 1. The number of methoxy groups -OCH3 is 1. The minimum Gasteiger partial charge on any atom is -0.478 e. The molecule has 1 aliphatic rings. The molecule has 6 nitrogen and oxygen atoms in total. The molecule has 1 aromatic rings. The lowest BCUT2D eigenvalue weighted by Gasteiger charge is -2.14. The highest BCUT2D eigenvalue weighted by Crippen LogP contribution is 2.21. The second kappa shape index (κ2) is 6.58. The number of hydrogen-bond donors (Lipinski definition) is 3. The third kappa shape index (κ3) is 3.95. The lowest BCUT2D eigenvalue weighted by molar-refractivity contribution is 0.0696. The maximum Gasteiger partial charge on any atom is 0.335 e. The molecule has 2 unspecified atom stereocenters. The molecule has 0 aliphatic heterocycles. The van der Waals surface area contributed by atoms with Crippen molar-refractivity contribution in [3.63, 3.8) is 0 Å². The van der Waals surface area contributed by atoms with Gasteiger partial charge in [-0.1, -0.05) is 0 Å². The molecule has 2 amide bonds. The van der Waals surface area contributed by atoms with Gasteiger partial charge in [0.1, 0.15) is 0 Å². The Morgan fingerprint density at radius 2 is 2.10 bits per heavy atom. The first-order valence-corrected chi connectivity index (χ1v) is 6.94. The quantitative estimate of drug-likeness (QED) is 0.795. The van der Waals surface area contributed by atoms with Gasteiger partial charge in [0.2, 0.25) is 0 Å². The summed E-state index contributed by atoms with van der Waals surface area (Å²) >= 11 is 0. The van der Waals surface area contributed by atoms with Crippen molar-refractivity contribution in [2.75, 3.05) is 12.4 Å². The monoisotopic (exact) mass is 292 g/mol. The van der Waals surface area contributed by atoms with E-state index in [4.69, 9.17) is 9.84 Å². The van der Waals surface area contributed by atoms with Crippen LogP contribution in [0.1, 0.15) is 35.2 Å². The molecule has 6 heteroatoms. The Hall–Kier alpha value is -2.08. The van der Waals surface area contributed by atoms with Crippen molar-refractivity contribution in [2.24, 2.45) is 0 Å². The number of carbonyl (C=O) groups is 2. The van der Waals surface area contributed by atoms with E-state index in [1.54, 1.807) is 26.2 Å². The van der Waals surface area contributed by atoms with E-state index < -0.39 is 5.97 Å². The standard InChI is InChI=1S/C15H20N2O4/c1-9-7-10(4-6-13(9)14(18)19)16-15(20)17-11-3-5-12(8-11)21-2/h4,6-7,11-12H,3,5,8H2,1-2H3,(H,18,19)(H2,16,17,20). The highest BCUT2D eigenvalue weighted by atomic mass is 16.5. The van der Waals surface area contributed by atoms with Crippen LogP contribution in [-0.2, 0) is 4.74 Å². The maximum atomic E-state index is 11.9. The van der Waals surface area contributed by atoms with Crippen molar-refractivity contribution >= 4 is 17.7 Å². The van der Waals surface area contributed by atoms with Gasteiger partial charge in [0.25, 0.3) is 0 Å². The number of ether oxygens (including phenoxy) is 1. The van der Waals surface area contributed by atoms with Crippen LogP contribution in [0, 0.1) is 6.92 Å². The van der Waals surface area contributed by atoms with E-state index in [2.05, 4.69) is 10.6 Å². The van der Waals surface area contributed by atoms with E-state index in [9.17, 15) is 9.59 Å². The number of urea groups is 1. The zero-order valence-corrected chi connectivity index (χ0v) is 12.2. The minimum atomic E-state index is -0.972. The average Bonchev–Trinajstić information content (AvgIpc) is 2.85. The van der Waals surface area contributed by atoms with E-state index in [0.717, 1.165) is 19.3 Å². The molecule has 0 aromatic heterocycles. The van der Waals surface area contributed by atoms with Gasteiger partial charge in [-0.25, -0.2) is 9.59 Å². The van der Waals surface area contributed by atoms with Gasteiger partial charge < -0.3 is 20.5 Å². The topological polar surface area (TPSA) is 87.7 Å². The molecule has 114 valence electrons. The Bertz CT molecular complexity index is 544. The highest BCUT2D eigenvalue weighted by molar-refractivity contribution is 5.92. The first-order chi connectivity index (χ1) is 9.99. The van der Waals surface area contributed by atoms with Crippen molar-refractivity contribution in [1.82, 2.24) is 5.32 Å². The van der Waals surface area contributed by atoms with Crippen LogP contribution in [0.5, 0.6) is 0 Å². The van der Waals surface area contributed by atoms with Gasteiger partial charge in [-0.2, -0.15) is 0 Å². The first kappa shape index (κ1) is 15.3. The Labute approximate surface area is 123 Å². The maximum absolute atomic E-state index is 11.9. The molecular weight excluding hydrogens is 272 g/mol. The summed E-state index contributed by atoms with van der Waals surface area (Å²) < 4.78 is 5.27. The summed E-state index contributed by atoms with van der Waals surface area (Å²) in [6, 6.07) is 4.57. The molecular formula is C15H20N2O4. The largest absolute Gasteiger partial charge is 0.478 e. The summed E-state index contributed by atoms with van der Waals surface area (Å²) in [5.41, 5.74) is 1.43. The highest BCUT2D eigenvalue weighted by Gasteiger charge is 2.25. The number of rotatable bonds is 4. The number of carboxylic acid groups (broad SMARTS) is 1. The molecule has 1 aromatic carbocycles. The molecule has 2 atom stereocenters. The molecule has 0 heterocycles. The summed E-state index contributed by atoms with van der Waals surface area (Å²) in [4.78, 5) is 22.8. The summed E-state index contributed by atoms with van der Waals surface area (Å²) in [5, 5.41) is 14.6. The van der Waals surface area contributed by atoms with Gasteiger partial charge in [-0.3, -0.25) is 0 Å². The lowest BCUT2D eigenvalue weighted by Crippen LogP contribution is -2.36. The molecule has 1 aliphatic carbocycles. The molecule has 21 heavy (non-hydrogen) atoms. The Morgan fingerprint density at radius 3 is 2.67 bits per heavy atom. The number of carbonyl (C=O) groups excluding carboxylic acids is 1. The predicted molar refractivity (Wildman–Crippen MR) is 78.7 cm³/mol. The first-order valence-electron chi connectivity index (χ1n) is 6.94. The zero-order valence-electron chi connectivity index (χ0n) is 12.2. The number of benzene rings is 1. The normalized spacial score (nSPS) is 21.0. The van der Waals surface area contributed by atoms with Gasteiger partial charge in [0.05, 0.1) is 11.7 Å². The van der Waals surface area contributed by atoms with Crippen LogP contribution in [0.4, 0.5) is 10.5 Å². The van der Waals surface area contributed by atoms with Gasteiger partial charge >= 0.3 is 12.0 Å². The Balaban J connectivity index is 1.91. The van der Waals surface area contributed by atoms with E-state index in [-0.39, 0.29) is 23.7 Å². The van der Waals surface area contributed by atoms with Crippen LogP contribution in [0.3, 0.4) is 0 Å². The minimum absolute atomic E-state index is 0.120. The fraction of sp³-hybridized carbons (Fsp3) is 0.467. The molecule has 1 fully saturated rings. The third-order valence-corrected chi connectivity index (χ3v) is 3.77. The van der Waals surface area contributed by atoms with E-state index >= 15 is 0 Å². The van der Waals surface area contributed by atoms with Gasteiger partial charge in [0, 0.05) is 18.8 Å². The molecule has 3 N–H and O–H groups in total. The lowest BCUT2D eigenvalue weighted by atomic mass is 10.1. The number of carboxylic acids is 1. The number of aryl methyl sites for hydroxylation is 1. The number of nitrogens with one attached hydrogen (secondary N) is 2. The second-order valence-electron chi connectivity index (χ2n) is 5.30. The molecule has 0 radical (unpaired) electrons. The second-order valence-corrected chi connectivity index (χ2v) is 5.30. The van der Waals surface area contributed by atoms with Crippen LogP contribution in [-0.4, -0.2) is 36.4 Å². The van der Waals surface area contributed by atoms with Crippen molar-refractivity contribution in [3.05, 3.63) is 29.3 Å². The van der Waals surface area contributed by atoms with E-state index in [1.165, 1.54) is 6.07 Å². The number of amides is 2. The van der Waals surface area contributed by atoms with Crippen LogP contribution in [0.25, 0.3) is 0 Å². The predicted octanol–water partition coefficient (Wildman–Crippen LogP) is 2.38. The van der Waals surface area contributed by atoms with E-state index in [0.29, 0.717) is 11.3 Å². The van der Waals surface area contributed by atoms with Crippen LogP contribution >= 0.6 is 0 Å². The van der Waals surface area contributed by atoms with Gasteiger partial charge in [0.15, 0.2) is 0 Å². The fourth-order valence-corrected chi connectivity index (χ4v) is 2.62. The number of aromatic carboxylic acids is 1. The molecule has 1 saturated carbocycles. The van der Waals surface area contributed by atoms with Crippen molar-refractivity contribution in [2.45, 2.75) is 38.3 Å². The van der Waals surface area contributed by atoms with Crippen LogP contribution in [0.15, 0.2) is 18.2 Å². The summed E-state index contributed by atoms with van der Waals surface area (Å²) in [5.74, 6) is -0.972. The Kier molecular flexibility index (Phi) is 4.80. The van der Waals surface area contributed by atoms with Crippen molar-refractivity contribution in [3.8, 4) is 0 Å². The third-order valence-electron chi connectivity index (χ3n) is 3.77. The summed E-state index contributed by atoms with van der Waals surface area (Å²) in [7, 11) is 1.68. The fourth-order valence-electron chi connectivity index (χ4n) is 2.62. The van der Waals surface area contributed by atoms with Gasteiger partial charge in [-0.05, 0) is 49.9 Å².